The summed E-state index contributed by atoms with van der Waals surface area (Å²) in [6.07, 6.45) is 0.462. The van der Waals surface area contributed by atoms with Crippen LogP contribution in [0.4, 0.5) is 5.69 Å². The maximum absolute atomic E-state index is 11.8. The summed E-state index contributed by atoms with van der Waals surface area (Å²) in [5.74, 6) is 0.0525. The van der Waals surface area contributed by atoms with Crippen LogP contribution in [0.25, 0.3) is 0 Å². The molecule has 0 atom stereocenters. The van der Waals surface area contributed by atoms with Crippen molar-refractivity contribution in [1.29, 1.82) is 0 Å². The summed E-state index contributed by atoms with van der Waals surface area (Å²) in [5.41, 5.74) is 5.32. The summed E-state index contributed by atoms with van der Waals surface area (Å²) < 4.78 is 0. The van der Waals surface area contributed by atoms with Crippen molar-refractivity contribution < 1.29 is 4.79 Å². The first-order valence-electron chi connectivity index (χ1n) is 7.15. The highest BCUT2D eigenvalue weighted by Crippen LogP contribution is 2.23. The van der Waals surface area contributed by atoms with Crippen LogP contribution < -0.4 is 0 Å². The number of hydrogen-bond acceptors (Lipinski definition) is 3. The Balaban J connectivity index is 2.42. The molecule has 21 heavy (non-hydrogen) atoms. The van der Waals surface area contributed by atoms with Gasteiger partial charge in [-0.1, -0.05) is 31.2 Å². The number of carbonyl (C=O) groups is 1. The fraction of sp³-hybridized carbons (Fsp3) is 0.278. The summed E-state index contributed by atoms with van der Waals surface area (Å²) in [4.78, 5) is 20.9. The molecule has 0 spiro atoms. The van der Waals surface area contributed by atoms with Gasteiger partial charge in [-0.05, 0) is 44.0 Å². The monoisotopic (exact) mass is 280 g/mol. The number of pyridine rings is 1. The van der Waals surface area contributed by atoms with Crippen LogP contribution >= 0.6 is 0 Å². The third-order valence-electron chi connectivity index (χ3n) is 3.45. The van der Waals surface area contributed by atoms with Crippen molar-refractivity contribution >= 4 is 17.2 Å². The molecule has 0 saturated heterocycles. The summed E-state index contributed by atoms with van der Waals surface area (Å²) in [7, 11) is 0. The van der Waals surface area contributed by atoms with Gasteiger partial charge in [0.2, 0.25) is 0 Å². The van der Waals surface area contributed by atoms with E-state index >= 15 is 0 Å². The number of carbonyl (C=O) groups excluding carboxylic acids is 1. The molecular weight excluding hydrogens is 260 g/mol. The van der Waals surface area contributed by atoms with E-state index in [0.29, 0.717) is 12.1 Å². The molecule has 0 saturated carbocycles. The zero-order chi connectivity index (χ0) is 15.4. The lowest BCUT2D eigenvalue weighted by molar-refractivity contribution is 0.0983. The zero-order valence-electron chi connectivity index (χ0n) is 13.0. The number of benzene rings is 1. The largest absolute Gasteiger partial charge is 0.292 e. The normalized spacial score (nSPS) is 11.5. The van der Waals surface area contributed by atoms with Crippen molar-refractivity contribution in [2.45, 2.75) is 34.1 Å². The molecule has 108 valence electrons. The summed E-state index contributed by atoms with van der Waals surface area (Å²) in [6.45, 7) is 7.86. The van der Waals surface area contributed by atoms with Crippen LogP contribution in [0.2, 0.25) is 0 Å². The summed E-state index contributed by atoms with van der Waals surface area (Å²) >= 11 is 0. The number of aliphatic imine (C=N–C) groups is 1. The number of para-hydroxylation sites is 1. The molecule has 2 rings (SSSR count). The maximum Gasteiger partial charge on any atom is 0.180 e. The number of hydrogen-bond donors (Lipinski definition) is 0. The molecule has 0 aliphatic rings. The number of Topliss-reactive ketones (excluding diaryl/α,β-unsaturated/α-hetero) is 1. The topological polar surface area (TPSA) is 42.3 Å². The molecule has 0 bridgehead atoms. The van der Waals surface area contributed by atoms with Crippen LogP contribution in [0.5, 0.6) is 0 Å². The van der Waals surface area contributed by atoms with Crippen molar-refractivity contribution in [2.75, 3.05) is 0 Å². The van der Waals surface area contributed by atoms with Gasteiger partial charge in [0.15, 0.2) is 5.78 Å². The first-order chi connectivity index (χ1) is 10.0. The Bertz CT molecular complexity index is 682. The van der Waals surface area contributed by atoms with Crippen molar-refractivity contribution in [2.24, 2.45) is 4.99 Å². The van der Waals surface area contributed by atoms with Crippen LogP contribution in [0.1, 0.15) is 47.6 Å². The number of aryl methyl sites for hydroxylation is 2. The quantitative estimate of drug-likeness (QED) is 0.614. The second kappa shape index (κ2) is 6.44. The first kappa shape index (κ1) is 15.1. The molecule has 0 unspecified atom stereocenters. The lowest BCUT2D eigenvalue weighted by Crippen LogP contribution is -2.06. The number of aromatic nitrogens is 1. The molecule has 3 nitrogen and oxygen atoms in total. The summed E-state index contributed by atoms with van der Waals surface area (Å²) in [6, 6.07) is 11.6. The van der Waals surface area contributed by atoms with Crippen molar-refractivity contribution in [1.82, 2.24) is 4.98 Å². The average Bonchev–Trinajstić information content (AvgIpc) is 2.50. The Morgan fingerprint density at radius 2 is 1.62 bits per heavy atom. The minimum Gasteiger partial charge on any atom is -0.292 e. The number of nitrogens with zero attached hydrogens (tertiary/aromatic N) is 2. The van der Waals surface area contributed by atoms with Gasteiger partial charge in [-0.3, -0.25) is 9.79 Å². The van der Waals surface area contributed by atoms with E-state index in [2.05, 4.69) is 4.98 Å². The van der Waals surface area contributed by atoms with Crippen molar-refractivity contribution in [3.8, 4) is 0 Å². The van der Waals surface area contributed by atoms with E-state index < -0.39 is 0 Å². The van der Waals surface area contributed by atoms with Crippen LogP contribution in [-0.2, 0) is 0 Å². The van der Waals surface area contributed by atoms with E-state index in [1.807, 2.05) is 58.0 Å². The van der Waals surface area contributed by atoms with Gasteiger partial charge in [0.25, 0.3) is 0 Å². The van der Waals surface area contributed by atoms with Gasteiger partial charge in [0.1, 0.15) is 5.69 Å². The third-order valence-corrected chi connectivity index (χ3v) is 3.45. The van der Waals surface area contributed by atoms with Gasteiger partial charge in [-0.2, -0.15) is 0 Å². The first-order valence-corrected chi connectivity index (χ1v) is 7.15. The maximum atomic E-state index is 11.8. The van der Waals surface area contributed by atoms with E-state index in [1.165, 1.54) is 0 Å². The van der Waals surface area contributed by atoms with Crippen LogP contribution in [0.15, 0.2) is 41.4 Å². The highest BCUT2D eigenvalue weighted by molar-refractivity contribution is 6.00. The second-order valence-electron chi connectivity index (χ2n) is 5.12. The average molecular weight is 280 g/mol. The second-order valence-corrected chi connectivity index (χ2v) is 5.12. The highest BCUT2D eigenvalue weighted by Gasteiger charge is 2.08. The Kier molecular flexibility index (Phi) is 4.63. The van der Waals surface area contributed by atoms with Crippen LogP contribution in [0, 0.1) is 13.8 Å². The smallest absolute Gasteiger partial charge is 0.180 e. The molecule has 0 radical (unpaired) electrons. The molecule has 1 aromatic carbocycles. The van der Waals surface area contributed by atoms with E-state index in [4.69, 9.17) is 4.99 Å². The minimum atomic E-state index is 0.0525. The Hall–Kier alpha value is -2.29. The van der Waals surface area contributed by atoms with Crippen LogP contribution in [0.3, 0.4) is 0 Å². The third kappa shape index (κ3) is 3.43. The van der Waals surface area contributed by atoms with Gasteiger partial charge in [-0.15, -0.1) is 0 Å². The highest BCUT2D eigenvalue weighted by atomic mass is 16.1. The van der Waals surface area contributed by atoms with E-state index in [0.717, 1.165) is 28.2 Å². The summed E-state index contributed by atoms with van der Waals surface area (Å²) in [5, 5.41) is 0. The molecule has 0 aliphatic carbocycles. The lowest BCUT2D eigenvalue weighted by atomic mass is 10.1. The van der Waals surface area contributed by atoms with Gasteiger partial charge in [0.05, 0.1) is 17.1 Å². The molecule has 2 aromatic rings. The lowest BCUT2D eigenvalue weighted by Gasteiger charge is -2.07. The minimum absolute atomic E-state index is 0.0525. The molecule has 0 amide bonds. The van der Waals surface area contributed by atoms with E-state index in [-0.39, 0.29) is 5.78 Å². The Morgan fingerprint density at radius 3 is 2.24 bits per heavy atom. The fourth-order valence-electron chi connectivity index (χ4n) is 2.18. The molecule has 0 aliphatic heterocycles. The Labute approximate surface area is 125 Å². The predicted octanol–water partition coefficient (Wildman–Crippen LogP) is 4.43. The van der Waals surface area contributed by atoms with Crippen LogP contribution in [-0.4, -0.2) is 16.5 Å². The van der Waals surface area contributed by atoms with Gasteiger partial charge in [-0.25, -0.2) is 4.98 Å². The molecule has 0 N–H and O–H groups in total. The number of rotatable bonds is 4. The standard InChI is InChI=1S/C18H20N2O/c1-5-17(21)16-11-7-10-15(20-16)14(4)19-18-12(2)8-6-9-13(18)3/h6-11H,5H2,1-4H3. The SMILES string of the molecule is CCC(=O)c1cccc(C(C)=Nc2c(C)cccc2C)n1. The van der Waals surface area contributed by atoms with Gasteiger partial charge >= 0.3 is 0 Å². The van der Waals surface area contributed by atoms with Crippen molar-refractivity contribution in [3.05, 3.63) is 58.9 Å². The van der Waals surface area contributed by atoms with E-state index in [9.17, 15) is 4.79 Å². The molecule has 1 heterocycles. The van der Waals surface area contributed by atoms with Gasteiger partial charge in [0, 0.05) is 6.42 Å². The molecule has 3 heteroatoms. The molecule has 1 aromatic heterocycles. The predicted molar refractivity (Wildman–Crippen MR) is 86.6 cm³/mol. The van der Waals surface area contributed by atoms with Crippen molar-refractivity contribution in [3.63, 3.8) is 0 Å². The fourth-order valence-corrected chi connectivity index (χ4v) is 2.18. The molecular formula is C18H20N2O. The molecule has 0 fully saturated rings. The zero-order valence-corrected chi connectivity index (χ0v) is 13.0. The Morgan fingerprint density at radius 1 is 1.05 bits per heavy atom. The van der Waals surface area contributed by atoms with Gasteiger partial charge < -0.3 is 0 Å². The number of ketones is 1. The van der Waals surface area contributed by atoms with E-state index in [1.54, 1.807) is 6.07 Å².